The molecule has 3 aromatic heterocycles. The molecule has 0 N–H and O–H groups in total. The van der Waals surface area contributed by atoms with Crippen LogP contribution in [0.1, 0.15) is 0 Å². The maximum absolute atomic E-state index is 2.49. The Kier molecular flexibility index (Phi) is 6.80. The second-order valence-electron chi connectivity index (χ2n) is 14.5. The lowest BCUT2D eigenvalue weighted by molar-refractivity contribution is 1.17. The minimum absolute atomic E-state index is 1.10. The van der Waals surface area contributed by atoms with E-state index in [1.54, 1.807) is 0 Å². The number of rotatable bonds is 5. The van der Waals surface area contributed by atoms with Crippen LogP contribution in [0.25, 0.3) is 85.9 Å². The summed E-state index contributed by atoms with van der Waals surface area (Å²) in [6.45, 7) is 0. The molecule has 0 aliphatic carbocycles. The van der Waals surface area contributed by atoms with Crippen molar-refractivity contribution < 1.29 is 0 Å². The Morgan fingerprint density at radius 3 is 1.70 bits per heavy atom. The van der Waals surface area contributed by atoms with Crippen molar-refractivity contribution in [1.82, 2.24) is 9.13 Å². The molecule has 12 rings (SSSR count). The lowest BCUT2D eigenvalue weighted by Crippen LogP contribution is -2.11. The smallest absolute Gasteiger partial charge is 0.0562 e. The summed E-state index contributed by atoms with van der Waals surface area (Å²) in [6, 6.07) is 73.2. The molecule has 0 saturated heterocycles. The molecule has 0 bridgehead atoms. The van der Waals surface area contributed by atoms with Gasteiger partial charge in [0.25, 0.3) is 0 Å². The Morgan fingerprint density at radius 2 is 0.893 bits per heavy atom. The Labute approximate surface area is 327 Å². The average Bonchev–Trinajstić information content (AvgIpc) is 3.92. The fourth-order valence-electron chi connectivity index (χ4n) is 9.08. The van der Waals surface area contributed by atoms with Gasteiger partial charge in [-0.2, -0.15) is 0 Å². The summed E-state index contributed by atoms with van der Waals surface area (Å²) in [5.41, 5.74) is 10.5. The fourth-order valence-corrected chi connectivity index (χ4v) is 10.2. The van der Waals surface area contributed by atoms with E-state index in [1.807, 2.05) is 11.3 Å². The molecule has 0 aliphatic heterocycles. The minimum atomic E-state index is 1.10. The van der Waals surface area contributed by atoms with Gasteiger partial charge in [0.1, 0.15) is 0 Å². The van der Waals surface area contributed by atoms with Gasteiger partial charge in [-0.25, -0.2) is 0 Å². The molecule has 0 radical (unpaired) electrons. The number of hydrogen-bond acceptors (Lipinski definition) is 2. The largest absolute Gasteiger partial charge is 0.309 e. The van der Waals surface area contributed by atoms with E-state index in [4.69, 9.17) is 0 Å². The zero-order valence-corrected chi connectivity index (χ0v) is 31.1. The van der Waals surface area contributed by atoms with Gasteiger partial charge in [0.05, 0.1) is 33.4 Å². The summed E-state index contributed by atoms with van der Waals surface area (Å²) in [7, 11) is 0. The monoisotopic (exact) mass is 731 g/mol. The Morgan fingerprint density at radius 1 is 0.339 bits per heavy atom. The molecule has 0 atom stereocenters. The highest BCUT2D eigenvalue weighted by molar-refractivity contribution is 7.26. The van der Waals surface area contributed by atoms with Gasteiger partial charge in [-0.05, 0) is 102 Å². The van der Waals surface area contributed by atoms with Crippen LogP contribution in [0.3, 0.4) is 0 Å². The summed E-state index contributed by atoms with van der Waals surface area (Å²) in [5, 5.41) is 10.0. The first-order chi connectivity index (χ1) is 27.8. The van der Waals surface area contributed by atoms with Gasteiger partial charge >= 0.3 is 0 Å². The van der Waals surface area contributed by atoms with Crippen molar-refractivity contribution in [3.05, 3.63) is 200 Å². The first-order valence-electron chi connectivity index (χ1n) is 19.1. The van der Waals surface area contributed by atoms with E-state index in [9.17, 15) is 0 Å². The van der Waals surface area contributed by atoms with Crippen LogP contribution < -0.4 is 4.90 Å². The molecule has 262 valence electrons. The molecule has 56 heavy (non-hydrogen) atoms. The van der Waals surface area contributed by atoms with E-state index < -0.39 is 0 Å². The number of fused-ring (bicyclic) bond motifs is 10. The molecular formula is C52H33N3S. The van der Waals surface area contributed by atoms with Crippen LogP contribution in [-0.2, 0) is 0 Å². The van der Waals surface area contributed by atoms with Crippen LogP contribution in [0.15, 0.2) is 200 Å². The van der Waals surface area contributed by atoms with Crippen LogP contribution in [0.4, 0.5) is 17.1 Å². The molecule has 3 heterocycles. The van der Waals surface area contributed by atoms with Crippen LogP contribution in [0, 0.1) is 0 Å². The number of nitrogens with zero attached hydrogens (tertiary/aromatic N) is 3. The van der Waals surface area contributed by atoms with Gasteiger partial charge in [0.2, 0.25) is 0 Å². The maximum atomic E-state index is 2.49. The topological polar surface area (TPSA) is 13.1 Å². The molecule has 0 fully saturated rings. The number of hydrogen-bond donors (Lipinski definition) is 0. The van der Waals surface area contributed by atoms with Crippen molar-refractivity contribution in [1.29, 1.82) is 0 Å². The molecule has 0 amide bonds. The van der Waals surface area contributed by atoms with Gasteiger partial charge in [-0.1, -0.05) is 109 Å². The summed E-state index contributed by atoms with van der Waals surface area (Å²) in [5.74, 6) is 0. The molecule has 3 nitrogen and oxygen atoms in total. The van der Waals surface area contributed by atoms with E-state index in [1.165, 1.54) is 80.2 Å². The summed E-state index contributed by atoms with van der Waals surface area (Å²) < 4.78 is 7.40. The molecule has 12 aromatic rings. The third kappa shape index (κ3) is 4.57. The normalized spacial score (nSPS) is 11.9. The molecule has 0 unspecified atom stereocenters. The van der Waals surface area contributed by atoms with Crippen molar-refractivity contribution in [3.8, 4) is 11.4 Å². The van der Waals surface area contributed by atoms with Crippen LogP contribution in [-0.4, -0.2) is 9.13 Å². The minimum Gasteiger partial charge on any atom is -0.309 e. The second kappa shape index (κ2) is 12.2. The Hall–Kier alpha value is -7.14. The van der Waals surface area contributed by atoms with E-state index >= 15 is 0 Å². The van der Waals surface area contributed by atoms with E-state index in [-0.39, 0.29) is 0 Å². The van der Waals surface area contributed by atoms with E-state index in [2.05, 4.69) is 214 Å². The zero-order valence-electron chi connectivity index (χ0n) is 30.3. The lowest BCUT2D eigenvalue weighted by Gasteiger charge is -2.28. The van der Waals surface area contributed by atoms with Gasteiger partial charge < -0.3 is 14.0 Å². The molecular weight excluding hydrogens is 699 g/mol. The third-order valence-corrected chi connectivity index (χ3v) is 12.6. The SMILES string of the molecule is c1ccc(-n2c3ccccc3c3c(N(c4ccc(-n5c6ccccc6c6cc7ccccc7cc65)cc4)c4cccc5sc6ccccc6c45)cccc32)cc1. The summed E-state index contributed by atoms with van der Waals surface area (Å²) in [4.78, 5) is 2.49. The quantitative estimate of drug-likeness (QED) is 0.172. The number of anilines is 3. The first-order valence-corrected chi connectivity index (χ1v) is 19.9. The van der Waals surface area contributed by atoms with Crippen LogP contribution in [0.2, 0.25) is 0 Å². The van der Waals surface area contributed by atoms with Crippen molar-refractivity contribution in [2.75, 3.05) is 4.90 Å². The number of thiophene rings is 1. The maximum Gasteiger partial charge on any atom is 0.0562 e. The van der Waals surface area contributed by atoms with Crippen molar-refractivity contribution >= 4 is 103 Å². The predicted octanol–water partition coefficient (Wildman–Crippen LogP) is 14.9. The van der Waals surface area contributed by atoms with Gasteiger partial charge in [0, 0.05) is 58.8 Å². The zero-order chi connectivity index (χ0) is 36.7. The van der Waals surface area contributed by atoms with Crippen LogP contribution >= 0.6 is 11.3 Å². The first kappa shape index (κ1) is 31.2. The second-order valence-corrected chi connectivity index (χ2v) is 15.6. The van der Waals surface area contributed by atoms with Gasteiger partial charge in [-0.15, -0.1) is 11.3 Å². The van der Waals surface area contributed by atoms with Crippen molar-refractivity contribution in [2.45, 2.75) is 0 Å². The summed E-state index contributed by atoms with van der Waals surface area (Å²) in [6.07, 6.45) is 0. The highest BCUT2D eigenvalue weighted by Crippen LogP contribution is 2.48. The highest BCUT2D eigenvalue weighted by atomic mass is 32.1. The summed E-state index contributed by atoms with van der Waals surface area (Å²) >= 11 is 1.86. The molecule has 0 spiro atoms. The Balaban J connectivity index is 1.13. The van der Waals surface area contributed by atoms with Gasteiger partial charge in [0.15, 0.2) is 0 Å². The van der Waals surface area contributed by atoms with E-state index in [0.717, 1.165) is 22.7 Å². The number of benzene rings is 9. The predicted molar refractivity (Wildman–Crippen MR) is 240 cm³/mol. The average molecular weight is 732 g/mol. The number of aromatic nitrogens is 2. The number of para-hydroxylation sites is 3. The molecule has 0 saturated carbocycles. The lowest BCUT2D eigenvalue weighted by atomic mass is 10.0. The van der Waals surface area contributed by atoms with Gasteiger partial charge in [-0.3, -0.25) is 0 Å². The van der Waals surface area contributed by atoms with Crippen LogP contribution in [0.5, 0.6) is 0 Å². The molecule has 4 heteroatoms. The Bertz CT molecular complexity index is 3480. The highest BCUT2D eigenvalue weighted by Gasteiger charge is 2.24. The molecule has 9 aromatic carbocycles. The van der Waals surface area contributed by atoms with Crippen molar-refractivity contribution in [2.24, 2.45) is 0 Å². The molecule has 0 aliphatic rings. The van der Waals surface area contributed by atoms with E-state index in [0.29, 0.717) is 0 Å². The standard InChI is InChI=1S/C52H33N3S/c1-2-16-36(17-3-1)53-44-22-10-7-19-40(44)51-45(53)23-12-24-46(51)55(47-25-13-27-50-52(47)41-20-8-11-26-49(41)56-50)38-30-28-37(29-31-38)54-43-21-9-6-18-39(43)42-32-34-14-4-5-15-35(34)33-48(42)54/h1-33H. The third-order valence-electron chi connectivity index (χ3n) is 11.5. The fraction of sp³-hybridized carbons (Fsp3) is 0. The van der Waals surface area contributed by atoms with Crippen molar-refractivity contribution in [3.63, 3.8) is 0 Å².